The first-order valence-corrected chi connectivity index (χ1v) is 10.5. The fourth-order valence-corrected chi connectivity index (χ4v) is 3.99. The SMILES string of the molecule is Cc1nn(Cc2ccccc2Cl)c(Cl)c1C(=O)Nc1ccc(N2CCOCC2)cc1. The summed E-state index contributed by atoms with van der Waals surface area (Å²) in [5, 5.41) is 8.26. The van der Waals surface area contributed by atoms with Crippen molar-refractivity contribution in [3.05, 3.63) is 75.5 Å². The molecular formula is C22H22Cl2N4O2. The van der Waals surface area contributed by atoms with Crippen LogP contribution in [0.1, 0.15) is 21.6 Å². The minimum atomic E-state index is -0.290. The van der Waals surface area contributed by atoms with Crippen LogP contribution < -0.4 is 10.2 Å². The third-order valence-corrected chi connectivity index (χ3v) is 5.82. The summed E-state index contributed by atoms with van der Waals surface area (Å²) in [5.41, 5.74) is 3.62. The Morgan fingerprint density at radius 3 is 2.50 bits per heavy atom. The molecule has 1 fully saturated rings. The molecule has 0 bridgehead atoms. The molecule has 8 heteroatoms. The Kier molecular flexibility index (Phi) is 6.27. The second-order valence-electron chi connectivity index (χ2n) is 7.10. The van der Waals surface area contributed by atoms with Gasteiger partial charge >= 0.3 is 0 Å². The smallest absolute Gasteiger partial charge is 0.260 e. The van der Waals surface area contributed by atoms with Gasteiger partial charge in [0, 0.05) is 29.5 Å². The van der Waals surface area contributed by atoms with Crippen molar-refractivity contribution in [1.82, 2.24) is 9.78 Å². The lowest BCUT2D eigenvalue weighted by atomic mass is 10.2. The second-order valence-corrected chi connectivity index (χ2v) is 7.87. The predicted octanol–water partition coefficient (Wildman–Crippen LogP) is 4.64. The summed E-state index contributed by atoms with van der Waals surface area (Å²) in [6.45, 7) is 5.35. The van der Waals surface area contributed by atoms with Crippen LogP contribution in [0.3, 0.4) is 0 Å². The highest BCUT2D eigenvalue weighted by Crippen LogP contribution is 2.25. The normalized spacial score (nSPS) is 14.0. The Labute approximate surface area is 185 Å². The number of rotatable bonds is 5. The van der Waals surface area contributed by atoms with Gasteiger partial charge in [-0.25, -0.2) is 4.68 Å². The van der Waals surface area contributed by atoms with E-state index in [1.165, 1.54) is 0 Å². The van der Waals surface area contributed by atoms with Crippen molar-refractivity contribution >= 4 is 40.5 Å². The lowest BCUT2D eigenvalue weighted by Crippen LogP contribution is -2.36. The van der Waals surface area contributed by atoms with Gasteiger partial charge < -0.3 is 15.0 Å². The third-order valence-electron chi connectivity index (χ3n) is 5.07. The molecule has 0 spiro atoms. The molecule has 1 amide bonds. The molecule has 156 valence electrons. The molecule has 1 saturated heterocycles. The molecule has 0 radical (unpaired) electrons. The number of ether oxygens (including phenoxy) is 1. The molecule has 2 aromatic carbocycles. The lowest BCUT2D eigenvalue weighted by molar-refractivity contribution is 0.102. The number of amides is 1. The molecular weight excluding hydrogens is 423 g/mol. The summed E-state index contributed by atoms with van der Waals surface area (Å²) in [6.07, 6.45) is 0. The molecule has 2 heterocycles. The topological polar surface area (TPSA) is 59.4 Å². The molecule has 1 aliphatic heterocycles. The number of aryl methyl sites for hydroxylation is 1. The molecule has 1 aromatic heterocycles. The number of halogens is 2. The van der Waals surface area contributed by atoms with Crippen molar-refractivity contribution in [3.63, 3.8) is 0 Å². The van der Waals surface area contributed by atoms with E-state index in [-0.39, 0.29) is 11.1 Å². The van der Waals surface area contributed by atoms with Crippen molar-refractivity contribution in [2.45, 2.75) is 13.5 Å². The number of nitrogens with zero attached hydrogens (tertiary/aromatic N) is 3. The first kappa shape index (κ1) is 20.7. The van der Waals surface area contributed by atoms with E-state index < -0.39 is 0 Å². The van der Waals surface area contributed by atoms with Crippen LogP contribution in [0.15, 0.2) is 48.5 Å². The fraction of sp³-hybridized carbons (Fsp3) is 0.273. The Morgan fingerprint density at radius 2 is 1.80 bits per heavy atom. The monoisotopic (exact) mass is 444 g/mol. The summed E-state index contributed by atoms with van der Waals surface area (Å²) < 4.78 is 6.98. The molecule has 1 aliphatic rings. The van der Waals surface area contributed by atoms with Crippen molar-refractivity contribution in [3.8, 4) is 0 Å². The van der Waals surface area contributed by atoms with Crippen LogP contribution in [0.2, 0.25) is 10.2 Å². The standard InChI is InChI=1S/C22H22Cl2N4O2/c1-15-20(21(24)28(26-15)14-16-4-2-3-5-19(16)23)22(29)25-17-6-8-18(9-7-17)27-10-12-30-13-11-27/h2-9H,10-14H2,1H3,(H,25,29). The molecule has 4 rings (SSSR count). The number of hydrogen-bond acceptors (Lipinski definition) is 4. The predicted molar refractivity (Wildman–Crippen MR) is 120 cm³/mol. The molecule has 3 aromatic rings. The van der Waals surface area contributed by atoms with Crippen molar-refractivity contribution in [1.29, 1.82) is 0 Å². The van der Waals surface area contributed by atoms with Crippen molar-refractivity contribution in [2.75, 3.05) is 36.5 Å². The van der Waals surface area contributed by atoms with Crippen molar-refractivity contribution in [2.24, 2.45) is 0 Å². The van der Waals surface area contributed by atoms with E-state index in [9.17, 15) is 4.79 Å². The van der Waals surface area contributed by atoms with Gasteiger partial charge in [-0.05, 0) is 42.8 Å². The number of hydrogen-bond donors (Lipinski definition) is 1. The molecule has 0 saturated carbocycles. The quantitative estimate of drug-likeness (QED) is 0.622. The zero-order valence-corrected chi connectivity index (χ0v) is 18.1. The summed E-state index contributed by atoms with van der Waals surface area (Å²) in [5.74, 6) is -0.290. The van der Waals surface area contributed by atoms with E-state index in [0.717, 1.165) is 37.6 Å². The van der Waals surface area contributed by atoms with E-state index in [2.05, 4.69) is 15.3 Å². The van der Waals surface area contributed by atoms with Gasteiger partial charge in [-0.1, -0.05) is 41.4 Å². The van der Waals surface area contributed by atoms with Crippen molar-refractivity contribution < 1.29 is 9.53 Å². The van der Waals surface area contributed by atoms with Crippen LogP contribution in [0.5, 0.6) is 0 Å². The van der Waals surface area contributed by atoms with E-state index in [1.807, 2.05) is 48.5 Å². The number of aromatic nitrogens is 2. The number of carbonyl (C=O) groups excluding carboxylic acids is 1. The number of benzene rings is 2. The average Bonchev–Trinajstić information content (AvgIpc) is 3.04. The minimum absolute atomic E-state index is 0.287. The Bertz CT molecular complexity index is 1040. The zero-order valence-electron chi connectivity index (χ0n) is 16.6. The van der Waals surface area contributed by atoms with E-state index in [1.54, 1.807) is 11.6 Å². The van der Waals surface area contributed by atoms with Crippen LogP contribution in [0.25, 0.3) is 0 Å². The highest BCUT2D eigenvalue weighted by Gasteiger charge is 2.21. The number of anilines is 2. The number of nitrogens with one attached hydrogen (secondary N) is 1. The minimum Gasteiger partial charge on any atom is -0.378 e. The maximum Gasteiger partial charge on any atom is 0.260 e. The second kappa shape index (κ2) is 9.08. The van der Waals surface area contributed by atoms with Crippen LogP contribution in [-0.4, -0.2) is 42.0 Å². The molecule has 6 nitrogen and oxygen atoms in total. The average molecular weight is 445 g/mol. The van der Waals surface area contributed by atoms with Gasteiger partial charge in [0.2, 0.25) is 0 Å². The Hall–Kier alpha value is -2.54. The molecule has 30 heavy (non-hydrogen) atoms. The highest BCUT2D eigenvalue weighted by molar-refractivity contribution is 6.34. The van der Waals surface area contributed by atoms with Gasteiger partial charge in [-0.2, -0.15) is 5.10 Å². The van der Waals surface area contributed by atoms with Crippen LogP contribution >= 0.6 is 23.2 Å². The van der Waals surface area contributed by atoms with Crippen LogP contribution in [0.4, 0.5) is 11.4 Å². The third kappa shape index (κ3) is 4.46. The lowest BCUT2D eigenvalue weighted by Gasteiger charge is -2.28. The van der Waals surface area contributed by atoms with Gasteiger partial charge in [0.1, 0.15) is 5.15 Å². The van der Waals surface area contributed by atoms with Gasteiger partial charge in [0.05, 0.1) is 31.0 Å². The number of carbonyl (C=O) groups is 1. The summed E-state index contributed by atoms with van der Waals surface area (Å²) in [7, 11) is 0. The summed E-state index contributed by atoms with van der Waals surface area (Å²) in [6, 6.07) is 15.3. The largest absolute Gasteiger partial charge is 0.378 e. The van der Waals surface area contributed by atoms with Gasteiger partial charge in [0.25, 0.3) is 5.91 Å². The first-order valence-electron chi connectivity index (χ1n) is 9.73. The Morgan fingerprint density at radius 1 is 1.10 bits per heavy atom. The van der Waals surface area contributed by atoms with E-state index >= 15 is 0 Å². The summed E-state index contributed by atoms with van der Waals surface area (Å²) in [4.78, 5) is 15.1. The Balaban J connectivity index is 1.48. The van der Waals surface area contributed by atoms with Crippen LogP contribution in [-0.2, 0) is 11.3 Å². The summed E-state index contributed by atoms with van der Waals surface area (Å²) >= 11 is 12.7. The van der Waals surface area contributed by atoms with E-state index in [0.29, 0.717) is 28.5 Å². The molecule has 0 atom stereocenters. The van der Waals surface area contributed by atoms with Gasteiger partial charge in [0.15, 0.2) is 0 Å². The van der Waals surface area contributed by atoms with Gasteiger partial charge in [-0.15, -0.1) is 0 Å². The maximum atomic E-state index is 12.9. The highest BCUT2D eigenvalue weighted by atomic mass is 35.5. The maximum absolute atomic E-state index is 12.9. The molecule has 1 N–H and O–H groups in total. The molecule has 0 aliphatic carbocycles. The molecule has 0 unspecified atom stereocenters. The fourth-order valence-electron chi connectivity index (χ4n) is 3.47. The first-order chi connectivity index (χ1) is 14.5. The number of morpholine rings is 1. The zero-order chi connectivity index (χ0) is 21.1. The van der Waals surface area contributed by atoms with Crippen LogP contribution in [0, 0.1) is 6.92 Å². The van der Waals surface area contributed by atoms with Gasteiger partial charge in [-0.3, -0.25) is 4.79 Å². The van der Waals surface area contributed by atoms with E-state index in [4.69, 9.17) is 27.9 Å².